The molecular formula is C30H52N2O4. The molecule has 1 heterocycles. The van der Waals surface area contributed by atoms with E-state index in [1.165, 1.54) is 11.1 Å². The topological polar surface area (TPSA) is 95.6 Å². The van der Waals surface area contributed by atoms with E-state index in [-0.39, 0.29) is 29.4 Å². The van der Waals surface area contributed by atoms with Crippen molar-refractivity contribution in [3.63, 3.8) is 0 Å². The summed E-state index contributed by atoms with van der Waals surface area (Å²) in [5.74, 6) is 1.22. The Balaban J connectivity index is 0.00000596. The van der Waals surface area contributed by atoms with E-state index in [1.54, 1.807) is 6.26 Å². The molecule has 3 N–H and O–H groups in total. The normalized spacial score (nSPS) is 15.6. The van der Waals surface area contributed by atoms with Gasteiger partial charge in [0.2, 0.25) is 0 Å². The number of aryl methyl sites for hydroxylation is 1. The summed E-state index contributed by atoms with van der Waals surface area (Å²) in [4.78, 5) is 15.6. The van der Waals surface area contributed by atoms with Crippen molar-refractivity contribution in [3.05, 3.63) is 47.2 Å². The lowest BCUT2D eigenvalue weighted by molar-refractivity contribution is -0.115. The molecule has 0 aliphatic heterocycles. The molecule has 0 aliphatic carbocycles. The van der Waals surface area contributed by atoms with E-state index in [4.69, 9.17) is 9.52 Å². The van der Waals surface area contributed by atoms with Gasteiger partial charge in [-0.15, -0.1) is 0 Å². The van der Waals surface area contributed by atoms with Crippen LogP contribution in [0, 0.1) is 24.2 Å². The molecule has 6 nitrogen and oxygen atoms in total. The zero-order chi connectivity index (χ0) is 27.7. The fraction of sp³-hybridized carbons (Fsp3) is 0.667. The number of aliphatic hydroxyl groups is 2. The first-order valence-electron chi connectivity index (χ1n) is 13.2. The maximum Gasteiger partial charge on any atom is 0.191 e. The second-order valence-corrected chi connectivity index (χ2v) is 10.8. The maximum absolute atomic E-state index is 11.2. The second-order valence-electron chi connectivity index (χ2n) is 10.8. The monoisotopic (exact) mass is 504 g/mol. The molecule has 0 bridgehead atoms. The minimum Gasteiger partial charge on any atom is -0.449 e. The standard InChI is InChI=1S/C29H48N2O3.CH4O/c1-21(2)28(33)23(4)13-10-9-12-22(3)14-15-27(30-17-11-16-29(7,8)20-32)24(5)18-26-19-34-25(6)31-26;1-2/h9-10,14,18-21,23,27-28,30,33H,11-13,15-17H2,1-8H3;2H,1H3/b10-9-,22-14-,24-18+;. The Labute approximate surface area is 220 Å². The van der Waals surface area contributed by atoms with Gasteiger partial charge in [-0.05, 0) is 70.4 Å². The van der Waals surface area contributed by atoms with Crippen LogP contribution in [0.15, 0.2) is 40.1 Å². The van der Waals surface area contributed by atoms with Crippen LogP contribution in [0.5, 0.6) is 0 Å². The maximum atomic E-state index is 11.2. The Morgan fingerprint density at radius 3 is 2.39 bits per heavy atom. The Bertz CT molecular complexity index is 821. The molecule has 0 fully saturated rings. The van der Waals surface area contributed by atoms with Crippen molar-refractivity contribution in [2.75, 3.05) is 13.7 Å². The van der Waals surface area contributed by atoms with Crippen molar-refractivity contribution in [1.29, 1.82) is 0 Å². The quantitative estimate of drug-likeness (QED) is 0.139. The van der Waals surface area contributed by atoms with Crippen LogP contribution in [-0.4, -0.2) is 47.3 Å². The van der Waals surface area contributed by atoms with E-state index in [0.717, 1.165) is 57.7 Å². The molecule has 0 aromatic carbocycles. The number of nitrogens with one attached hydrogen (secondary N) is 1. The lowest BCUT2D eigenvalue weighted by Crippen LogP contribution is -2.31. The van der Waals surface area contributed by atoms with Crippen molar-refractivity contribution in [1.82, 2.24) is 10.3 Å². The van der Waals surface area contributed by atoms with E-state index in [2.05, 4.69) is 69.2 Å². The van der Waals surface area contributed by atoms with Crippen LogP contribution in [0.25, 0.3) is 6.08 Å². The Hall–Kier alpha value is -2.02. The zero-order valence-electron chi connectivity index (χ0n) is 24.2. The third kappa shape index (κ3) is 14.5. The molecule has 0 saturated heterocycles. The summed E-state index contributed by atoms with van der Waals surface area (Å²) in [7, 11) is 1.00. The lowest BCUT2D eigenvalue weighted by atomic mass is 9.90. The number of aromatic nitrogens is 1. The van der Waals surface area contributed by atoms with Crippen molar-refractivity contribution in [2.24, 2.45) is 17.3 Å². The number of hydrogen-bond acceptors (Lipinski definition) is 6. The first kappa shape index (κ1) is 34.0. The number of aliphatic hydroxyl groups excluding tert-OH is 2. The molecule has 0 amide bonds. The van der Waals surface area contributed by atoms with Crippen LogP contribution in [-0.2, 0) is 4.79 Å². The lowest BCUT2D eigenvalue weighted by Gasteiger charge is -2.21. The van der Waals surface area contributed by atoms with Crippen LogP contribution in [0.1, 0.15) is 92.2 Å². The minimum atomic E-state index is -0.272. The number of allylic oxidation sites excluding steroid dienone is 3. The molecule has 1 aromatic heterocycles. The Morgan fingerprint density at radius 1 is 1.17 bits per heavy atom. The highest BCUT2D eigenvalue weighted by Crippen LogP contribution is 2.20. The van der Waals surface area contributed by atoms with Gasteiger partial charge in [-0.2, -0.15) is 0 Å². The molecule has 0 radical (unpaired) electrons. The predicted molar refractivity (Wildman–Crippen MR) is 151 cm³/mol. The fourth-order valence-electron chi connectivity index (χ4n) is 3.87. The molecule has 6 heteroatoms. The fourth-order valence-corrected chi connectivity index (χ4v) is 3.87. The largest absolute Gasteiger partial charge is 0.449 e. The van der Waals surface area contributed by atoms with Crippen molar-refractivity contribution in [3.8, 4) is 0 Å². The number of carbonyl (C=O) groups excluding carboxylic acids is 1. The third-order valence-electron chi connectivity index (χ3n) is 6.35. The highest BCUT2D eigenvalue weighted by Gasteiger charge is 2.17. The predicted octanol–water partition coefficient (Wildman–Crippen LogP) is 6.28. The molecule has 0 aliphatic rings. The van der Waals surface area contributed by atoms with Gasteiger partial charge in [0.15, 0.2) is 5.89 Å². The van der Waals surface area contributed by atoms with Gasteiger partial charge in [0.05, 0.1) is 6.10 Å². The zero-order valence-corrected chi connectivity index (χ0v) is 24.2. The summed E-state index contributed by atoms with van der Waals surface area (Å²) in [6.45, 7) is 17.2. The highest BCUT2D eigenvalue weighted by atomic mass is 16.3. The first-order chi connectivity index (χ1) is 16.9. The van der Waals surface area contributed by atoms with Crippen LogP contribution in [0.2, 0.25) is 0 Å². The van der Waals surface area contributed by atoms with E-state index in [9.17, 15) is 9.90 Å². The van der Waals surface area contributed by atoms with Crippen LogP contribution < -0.4 is 5.32 Å². The van der Waals surface area contributed by atoms with Crippen molar-refractivity contribution >= 4 is 12.4 Å². The number of rotatable bonds is 16. The number of aldehydes is 1. The van der Waals surface area contributed by atoms with Crippen molar-refractivity contribution < 1.29 is 19.4 Å². The van der Waals surface area contributed by atoms with E-state index in [1.807, 2.05) is 20.8 Å². The van der Waals surface area contributed by atoms with E-state index in [0.29, 0.717) is 5.89 Å². The SMILES string of the molecule is C/C(=C/CC(NCCCC(C)(C)C=O)/C(C)=C/c1coc(C)n1)C/C=C\CC(C)C(O)C(C)C.CO. The molecule has 206 valence electrons. The van der Waals surface area contributed by atoms with Crippen LogP contribution in [0.3, 0.4) is 0 Å². The van der Waals surface area contributed by atoms with Gasteiger partial charge in [0.1, 0.15) is 18.2 Å². The molecule has 1 rings (SSSR count). The third-order valence-corrected chi connectivity index (χ3v) is 6.35. The van der Waals surface area contributed by atoms with Gasteiger partial charge >= 0.3 is 0 Å². The summed E-state index contributed by atoms with van der Waals surface area (Å²) in [6.07, 6.45) is 15.8. The van der Waals surface area contributed by atoms with E-state index >= 15 is 0 Å². The second kappa shape index (κ2) is 18.3. The number of nitrogens with zero attached hydrogens (tertiary/aromatic N) is 1. The minimum absolute atomic E-state index is 0.191. The van der Waals surface area contributed by atoms with Gasteiger partial charge in [-0.25, -0.2) is 4.98 Å². The van der Waals surface area contributed by atoms with Gasteiger partial charge < -0.3 is 24.7 Å². The Morgan fingerprint density at radius 2 is 1.83 bits per heavy atom. The summed E-state index contributed by atoms with van der Waals surface area (Å²) < 4.78 is 5.35. The average Bonchev–Trinajstić information content (AvgIpc) is 3.25. The molecule has 36 heavy (non-hydrogen) atoms. The molecule has 3 atom stereocenters. The van der Waals surface area contributed by atoms with Crippen molar-refractivity contribution in [2.45, 2.75) is 99.6 Å². The first-order valence-corrected chi connectivity index (χ1v) is 13.2. The number of hydrogen-bond donors (Lipinski definition) is 3. The van der Waals surface area contributed by atoms with Gasteiger partial charge in [0, 0.05) is 25.5 Å². The summed E-state index contributed by atoms with van der Waals surface area (Å²) >= 11 is 0. The van der Waals surface area contributed by atoms with Gasteiger partial charge in [-0.1, -0.05) is 64.0 Å². The molecular weight excluding hydrogens is 452 g/mol. The highest BCUT2D eigenvalue weighted by molar-refractivity contribution is 5.57. The van der Waals surface area contributed by atoms with Crippen LogP contribution in [0.4, 0.5) is 0 Å². The summed E-state index contributed by atoms with van der Waals surface area (Å²) in [5.41, 5.74) is 3.10. The van der Waals surface area contributed by atoms with E-state index < -0.39 is 0 Å². The summed E-state index contributed by atoms with van der Waals surface area (Å²) in [5, 5.41) is 20.8. The van der Waals surface area contributed by atoms with Gasteiger partial charge in [-0.3, -0.25) is 0 Å². The number of oxazole rings is 1. The average molecular weight is 505 g/mol. The molecule has 1 aromatic rings. The number of carbonyl (C=O) groups is 1. The molecule has 0 saturated carbocycles. The molecule has 0 spiro atoms. The van der Waals surface area contributed by atoms with Gasteiger partial charge in [0.25, 0.3) is 0 Å². The smallest absolute Gasteiger partial charge is 0.191 e. The Kier molecular flexibility index (Phi) is 17.2. The summed E-state index contributed by atoms with van der Waals surface area (Å²) in [6, 6.07) is 0.191. The molecule has 3 unspecified atom stereocenters. The van der Waals surface area contributed by atoms with Crippen LogP contribution >= 0.6 is 0 Å².